The van der Waals surface area contributed by atoms with Gasteiger partial charge in [0.25, 0.3) is 5.91 Å². The Morgan fingerprint density at radius 2 is 1.87 bits per heavy atom. The van der Waals surface area contributed by atoms with Crippen molar-refractivity contribution in [3.05, 3.63) is 70.3 Å². The van der Waals surface area contributed by atoms with Gasteiger partial charge in [-0.05, 0) is 87.4 Å². The predicted octanol–water partition coefficient (Wildman–Crippen LogP) is 5.45. The van der Waals surface area contributed by atoms with E-state index in [9.17, 15) is 27.9 Å². The second-order valence-electron chi connectivity index (χ2n) is 11.0. The lowest BCUT2D eigenvalue weighted by Crippen LogP contribution is -2.51. The maximum atomic E-state index is 14.0. The topological polar surface area (TPSA) is 93.7 Å². The Labute approximate surface area is 225 Å². The van der Waals surface area contributed by atoms with E-state index in [1.807, 2.05) is 19.1 Å². The fourth-order valence-corrected chi connectivity index (χ4v) is 5.75. The molecule has 0 spiro atoms. The number of halogens is 3. The van der Waals surface area contributed by atoms with Gasteiger partial charge in [0.05, 0.1) is 0 Å². The first-order valence-corrected chi connectivity index (χ1v) is 13.3. The molecule has 0 bridgehead atoms. The van der Waals surface area contributed by atoms with Crippen molar-refractivity contribution >= 4 is 23.4 Å². The maximum absolute atomic E-state index is 14.0. The number of nitrogens with one attached hydrogen (secondary N) is 3. The first kappa shape index (κ1) is 26.9. The van der Waals surface area contributed by atoms with Crippen LogP contribution >= 0.6 is 0 Å². The number of benzene rings is 2. The van der Waals surface area contributed by atoms with Crippen LogP contribution in [0, 0.1) is 6.92 Å². The van der Waals surface area contributed by atoms with Gasteiger partial charge < -0.3 is 26.0 Å². The molecule has 3 aliphatic rings. The number of anilines is 1. The summed E-state index contributed by atoms with van der Waals surface area (Å²) in [6, 6.07) is 10.5. The molecule has 0 radical (unpaired) electrons. The number of fused-ring (bicyclic) bond motifs is 2. The summed E-state index contributed by atoms with van der Waals surface area (Å²) in [7, 11) is 0. The summed E-state index contributed by atoms with van der Waals surface area (Å²) < 4.78 is 41.9. The van der Waals surface area contributed by atoms with Crippen molar-refractivity contribution in [3.8, 4) is 0 Å². The Hall–Kier alpha value is -3.69. The van der Waals surface area contributed by atoms with E-state index >= 15 is 0 Å². The molecule has 39 heavy (non-hydrogen) atoms. The Kier molecular flexibility index (Phi) is 6.99. The Bertz CT molecular complexity index is 1330. The summed E-state index contributed by atoms with van der Waals surface area (Å²) in [6.45, 7) is 3.73. The van der Waals surface area contributed by atoms with Gasteiger partial charge in [0.2, 0.25) is 0 Å². The molecular formula is C29H33F3N4O3. The number of hydrogen-bond donors (Lipinski definition) is 4. The SMILES string of the molecule is Cc1ccc2c(c1)C(N[C@H]1CCCC(NC(=O)c3ccc4c(c3)CN(C(=O)O)CC4)C1)=CC(C)(C(F)(F)F)N2. The van der Waals surface area contributed by atoms with E-state index in [2.05, 4.69) is 16.0 Å². The minimum atomic E-state index is -4.48. The lowest BCUT2D eigenvalue weighted by molar-refractivity contribution is -0.160. The molecule has 2 aromatic rings. The van der Waals surface area contributed by atoms with Crippen LogP contribution in [0.3, 0.4) is 0 Å². The largest absolute Gasteiger partial charge is 0.465 e. The normalized spacial score (nSPS) is 24.5. The second-order valence-corrected chi connectivity index (χ2v) is 11.0. The molecule has 1 aliphatic carbocycles. The second kappa shape index (κ2) is 10.1. The molecule has 1 fully saturated rings. The van der Waals surface area contributed by atoms with Crippen molar-refractivity contribution in [2.45, 2.75) is 76.3 Å². The van der Waals surface area contributed by atoms with Crippen LogP contribution in [0.4, 0.5) is 23.7 Å². The fraction of sp³-hybridized carbons (Fsp3) is 0.448. The van der Waals surface area contributed by atoms with E-state index in [1.54, 1.807) is 24.3 Å². The van der Waals surface area contributed by atoms with Gasteiger partial charge in [-0.2, -0.15) is 13.2 Å². The lowest BCUT2D eigenvalue weighted by Gasteiger charge is -2.39. The molecule has 2 unspecified atom stereocenters. The molecule has 2 aliphatic heterocycles. The number of aryl methyl sites for hydroxylation is 1. The Balaban J connectivity index is 1.29. The number of carbonyl (C=O) groups excluding carboxylic acids is 1. The predicted molar refractivity (Wildman–Crippen MR) is 142 cm³/mol. The molecule has 10 heteroatoms. The van der Waals surface area contributed by atoms with Crippen LogP contribution in [0.2, 0.25) is 0 Å². The number of carbonyl (C=O) groups is 2. The summed E-state index contributed by atoms with van der Waals surface area (Å²) >= 11 is 0. The molecule has 5 rings (SSSR count). The zero-order valence-corrected chi connectivity index (χ0v) is 22.0. The summed E-state index contributed by atoms with van der Waals surface area (Å²) in [6.07, 6.45) is -0.661. The first-order valence-electron chi connectivity index (χ1n) is 13.3. The van der Waals surface area contributed by atoms with Gasteiger partial charge in [-0.1, -0.05) is 17.7 Å². The number of carboxylic acid groups (broad SMARTS) is 1. The maximum Gasteiger partial charge on any atom is 0.414 e. The average Bonchev–Trinajstić information content (AvgIpc) is 2.88. The van der Waals surface area contributed by atoms with Crippen molar-refractivity contribution in [1.29, 1.82) is 0 Å². The molecular weight excluding hydrogens is 509 g/mol. The van der Waals surface area contributed by atoms with Gasteiger partial charge in [-0.15, -0.1) is 0 Å². The highest BCUT2D eigenvalue weighted by Crippen LogP contribution is 2.42. The third kappa shape index (κ3) is 5.55. The van der Waals surface area contributed by atoms with E-state index < -0.39 is 17.8 Å². The number of rotatable bonds is 4. The molecule has 0 aromatic heterocycles. The molecule has 7 nitrogen and oxygen atoms in total. The number of alkyl halides is 3. The highest BCUT2D eigenvalue weighted by Gasteiger charge is 2.52. The standard InChI is InChI=1S/C29H33F3N4O3/c1-17-6-9-24-23(12-17)25(15-28(2,35-24)29(30,31)32)33-21-4-3-5-22(14-21)34-26(37)19-8-7-18-10-11-36(27(38)39)16-20(18)13-19/h6-9,12-13,15,21-22,33,35H,3-5,10-11,14,16H2,1-2H3,(H,34,37)(H,38,39)/t21-,22?,28?/m0/s1. The molecule has 0 saturated heterocycles. The number of nitrogens with zero attached hydrogens (tertiary/aromatic N) is 1. The molecule has 4 N–H and O–H groups in total. The van der Waals surface area contributed by atoms with Gasteiger partial charge >= 0.3 is 12.3 Å². The molecule has 208 valence electrons. The van der Waals surface area contributed by atoms with Crippen LogP contribution in [0.5, 0.6) is 0 Å². The van der Waals surface area contributed by atoms with Gasteiger partial charge in [0.1, 0.15) is 0 Å². The van der Waals surface area contributed by atoms with E-state index in [4.69, 9.17) is 0 Å². The van der Waals surface area contributed by atoms with Crippen molar-refractivity contribution in [2.24, 2.45) is 0 Å². The zero-order valence-electron chi connectivity index (χ0n) is 22.0. The van der Waals surface area contributed by atoms with Crippen molar-refractivity contribution < 1.29 is 27.9 Å². The summed E-state index contributed by atoms with van der Waals surface area (Å²) in [5.74, 6) is -0.234. The molecule has 2 heterocycles. The van der Waals surface area contributed by atoms with E-state index in [-0.39, 0.29) is 24.5 Å². The first-order chi connectivity index (χ1) is 18.4. The molecule has 3 atom stereocenters. The van der Waals surface area contributed by atoms with Crippen LogP contribution in [0.25, 0.3) is 5.70 Å². The third-order valence-electron chi connectivity index (χ3n) is 8.00. The van der Waals surface area contributed by atoms with Crippen molar-refractivity contribution in [2.75, 3.05) is 11.9 Å². The third-order valence-corrected chi connectivity index (χ3v) is 8.00. The minimum absolute atomic E-state index is 0.105. The van der Waals surface area contributed by atoms with Crippen LogP contribution < -0.4 is 16.0 Å². The summed E-state index contributed by atoms with van der Waals surface area (Å²) in [5.41, 5.74) is 2.67. The molecule has 2 amide bonds. The summed E-state index contributed by atoms with van der Waals surface area (Å²) in [5, 5.41) is 18.4. The van der Waals surface area contributed by atoms with Gasteiger partial charge in [0, 0.05) is 47.7 Å². The monoisotopic (exact) mass is 542 g/mol. The highest BCUT2D eigenvalue weighted by atomic mass is 19.4. The van der Waals surface area contributed by atoms with Crippen LogP contribution in [0.15, 0.2) is 42.5 Å². The average molecular weight is 543 g/mol. The van der Waals surface area contributed by atoms with E-state index in [0.717, 1.165) is 42.9 Å². The smallest absolute Gasteiger partial charge is 0.414 e. The minimum Gasteiger partial charge on any atom is -0.465 e. The zero-order chi connectivity index (χ0) is 27.9. The van der Waals surface area contributed by atoms with E-state index in [0.29, 0.717) is 41.9 Å². The van der Waals surface area contributed by atoms with E-state index in [1.165, 1.54) is 11.0 Å². The van der Waals surface area contributed by atoms with Crippen molar-refractivity contribution in [1.82, 2.24) is 15.5 Å². The highest BCUT2D eigenvalue weighted by molar-refractivity contribution is 5.94. The van der Waals surface area contributed by atoms with Gasteiger partial charge in [-0.3, -0.25) is 4.79 Å². The Morgan fingerprint density at radius 3 is 2.62 bits per heavy atom. The van der Waals surface area contributed by atoms with Crippen LogP contribution in [0.1, 0.15) is 65.2 Å². The lowest BCUT2D eigenvalue weighted by atomic mass is 9.87. The van der Waals surface area contributed by atoms with Crippen LogP contribution in [-0.2, 0) is 13.0 Å². The van der Waals surface area contributed by atoms with Gasteiger partial charge in [-0.25, -0.2) is 4.79 Å². The number of amides is 2. The van der Waals surface area contributed by atoms with Crippen molar-refractivity contribution in [3.63, 3.8) is 0 Å². The van der Waals surface area contributed by atoms with Crippen LogP contribution in [-0.4, -0.2) is 52.4 Å². The molecule has 1 saturated carbocycles. The number of hydrogen-bond acceptors (Lipinski definition) is 4. The molecule has 2 aromatic carbocycles. The fourth-order valence-electron chi connectivity index (χ4n) is 5.75. The Morgan fingerprint density at radius 1 is 1.10 bits per heavy atom. The summed E-state index contributed by atoms with van der Waals surface area (Å²) in [4.78, 5) is 25.8. The quantitative estimate of drug-likeness (QED) is 0.412. The van der Waals surface area contributed by atoms with Gasteiger partial charge in [0.15, 0.2) is 5.54 Å².